The first-order valence-corrected chi connectivity index (χ1v) is 8.67. The summed E-state index contributed by atoms with van der Waals surface area (Å²) in [5.41, 5.74) is 4.52. The van der Waals surface area contributed by atoms with Gasteiger partial charge in [-0.05, 0) is 61.1 Å². The molecule has 0 amide bonds. The lowest BCUT2D eigenvalue weighted by Crippen LogP contribution is -1.94. The third kappa shape index (κ3) is 2.64. The molecule has 3 aromatic rings. The van der Waals surface area contributed by atoms with E-state index in [4.69, 9.17) is 4.74 Å². The van der Waals surface area contributed by atoms with Gasteiger partial charge in [0.15, 0.2) is 0 Å². The first-order chi connectivity index (χ1) is 12.7. The Hall–Kier alpha value is -3.13. The number of pyridine rings is 1. The number of ether oxygens (including phenoxy) is 1. The Bertz CT molecular complexity index is 1060. The molecule has 1 N–H and O–H groups in total. The van der Waals surface area contributed by atoms with Crippen molar-refractivity contribution in [1.82, 2.24) is 9.97 Å². The van der Waals surface area contributed by atoms with Crippen molar-refractivity contribution in [2.75, 3.05) is 7.11 Å². The molecule has 4 rings (SSSR count). The number of rotatable bonds is 3. The van der Waals surface area contributed by atoms with Gasteiger partial charge in [-0.15, -0.1) is 0 Å². The summed E-state index contributed by atoms with van der Waals surface area (Å²) in [6.45, 7) is 0. The van der Waals surface area contributed by atoms with Crippen LogP contribution >= 0.6 is 0 Å². The van der Waals surface area contributed by atoms with Crippen LogP contribution in [0.5, 0.6) is 5.75 Å². The molecule has 130 valence electrons. The maximum atomic E-state index is 13.9. The number of nitrogens with zero attached hydrogens (tertiary/aromatic N) is 2. The number of H-pyrrole nitrogens is 1. The Labute approximate surface area is 150 Å². The van der Waals surface area contributed by atoms with Crippen molar-refractivity contribution in [2.45, 2.75) is 25.7 Å². The molecule has 0 fully saturated rings. The van der Waals surface area contributed by atoms with Crippen LogP contribution in [0.15, 0.2) is 36.5 Å². The standard InChI is InChI=1S/C21H18FN3O/c1-26-18-8-7-14(22)11-16(18)15-9-10-24-21-19(15)17(12-23)20(25-21)13-5-3-2-4-6-13/h5,7-11H,2-4,6H2,1H3,(H,24,25). The minimum atomic E-state index is -0.352. The lowest BCUT2D eigenvalue weighted by Gasteiger charge is -2.12. The van der Waals surface area contributed by atoms with E-state index in [9.17, 15) is 9.65 Å². The molecule has 1 aromatic carbocycles. The number of fused-ring (bicyclic) bond motifs is 1. The second kappa shape index (κ2) is 6.64. The highest BCUT2D eigenvalue weighted by molar-refractivity contribution is 6.01. The highest BCUT2D eigenvalue weighted by Crippen LogP contribution is 2.39. The molecule has 0 bridgehead atoms. The number of halogens is 1. The van der Waals surface area contributed by atoms with Crippen molar-refractivity contribution >= 4 is 16.6 Å². The van der Waals surface area contributed by atoms with Gasteiger partial charge in [0.2, 0.25) is 0 Å². The Morgan fingerprint density at radius 3 is 2.85 bits per heavy atom. The van der Waals surface area contributed by atoms with Crippen molar-refractivity contribution in [1.29, 1.82) is 5.26 Å². The molecular weight excluding hydrogens is 329 g/mol. The number of allylic oxidation sites excluding steroid dienone is 2. The van der Waals surface area contributed by atoms with Gasteiger partial charge in [0.1, 0.15) is 23.3 Å². The molecule has 26 heavy (non-hydrogen) atoms. The van der Waals surface area contributed by atoms with Crippen LogP contribution in [0.4, 0.5) is 4.39 Å². The van der Waals surface area contributed by atoms with Crippen LogP contribution in [-0.2, 0) is 0 Å². The van der Waals surface area contributed by atoms with Crippen molar-refractivity contribution in [2.24, 2.45) is 0 Å². The van der Waals surface area contributed by atoms with Crippen LogP contribution < -0.4 is 4.74 Å². The highest BCUT2D eigenvalue weighted by atomic mass is 19.1. The number of methoxy groups -OCH3 is 1. The number of nitrogens with one attached hydrogen (secondary N) is 1. The molecule has 0 unspecified atom stereocenters. The lowest BCUT2D eigenvalue weighted by atomic mass is 9.93. The molecule has 0 atom stereocenters. The first kappa shape index (κ1) is 16.3. The summed E-state index contributed by atoms with van der Waals surface area (Å²) in [4.78, 5) is 7.71. The van der Waals surface area contributed by atoms with Gasteiger partial charge >= 0.3 is 0 Å². The quantitative estimate of drug-likeness (QED) is 0.708. The minimum absolute atomic E-state index is 0.352. The zero-order valence-electron chi connectivity index (χ0n) is 14.5. The predicted octanol–water partition coefficient (Wildman–Crippen LogP) is 5.21. The van der Waals surface area contributed by atoms with E-state index in [1.54, 1.807) is 25.4 Å². The topological polar surface area (TPSA) is 61.7 Å². The average Bonchev–Trinajstić information content (AvgIpc) is 3.07. The third-order valence-corrected chi connectivity index (χ3v) is 4.87. The van der Waals surface area contributed by atoms with Crippen molar-refractivity contribution in [3.05, 3.63) is 53.6 Å². The fourth-order valence-electron chi connectivity index (χ4n) is 3.65. The Morgan fingerprint density at radius 2 is 2.12 bits per heavy atom. The Kier molecular flexibility index (Phi) is 4.18. The highest BCUT2D eigenvalue weighted by Gasteiger charge is 2.21. The van der Waals surface area contributed by atoms with Crippen LogP contribution in [0.25, 0.3) is 27.7 Å². The van der Waals surface area contributed by atoms with Gasteiger partial charge in [-0.1, -0.05) is 6.08 Å². The normalized spacial score (nSPS) is 14.1. The van der Waals surface area contributed by atoms with Crippen molar-refractivity contribution < 1.29 is 9.13 Å². The van der Waals surface area contributed by atoms with Crippen LogP contribution in [0.3, 0.4) is 0 Å². The molecule has 0 radical (unpaired) electrons. The van der Waals surface area contributed by atoms with E-state index in [-0.39, 0.29) is 5.82 Å². The first-order valence-electron chi connectivity index (χ1n) is 8.67. The fourth-order valence-corrected chi connectivity index (χ4v) is 3.65. The molecule has 0 saturated carbocycles. The zero-order chi connectivity index (χ0) is 18.1. The SMILES string of the molecule is COc1ccc(F)cc1-c1ccnc2[nH]c(C3=CCCCC3)c(C#N)c12. The van der Waals surface area contributed by atoms with Gasteiger partial charge < -0.3 is 9.72 Å². The minimum Gasteiger partial charge on any atom is -0.496 e. The van der Waals surface area contributed by atoms with Crippen LogP contribution in [0.1, 0.15) is 36.9 Å². The monoisotopic (exact) mass is 347 g/mol. The van der Waals surface area contributed by atoms with E-state index in [0.29, 0.717) is 27.9 Å². The molecule has 1 aliphatic rings. The predicted molar refractivity (Wildman–Crippen MR) is 99.2 cm³/mol. The molecule has 0 aliphatic heterocycles. The average molecular weight is 347 g/mol. The second-order valence-electron chi connectivity index (χ2n) is 6.39. The van der Waals surface area contributed by atoms with E-state index in [1.807, 2.05) is 0 Å². The van der Waals surface area contributed by atoms with E-state index in [1.165, 1.54) is 18.6 Å². The third-order valence-electron chi connectivity index (χ3n) is 4.87. The summed E-state index contributed by atoms with van der Waals surface area (Å²) in [7, 11) is 1.55. The molecular formula is C21H18FN3O. The van der Waals surface area contributed by atoms with Crippen molar-refractivity contribution in [3.8, 4) is 22.9 Å². The van der Waals surface area contributed by atoms with Gasteiger partial charge in [-0.3, -0.25) is 0 Å². The van der Waals surface area contributed by atoms with Gasteiger partial charge in [-0.25, -0.2) is 9.37 Å². The van der Waals surface area contributed by atoms with E-state index in [2.05, 4.69) is 22.1 Å². The van der Waals surface area contributed by atoms with Crippen LogP contribution in [-0.4, -0.2) is 17.1 Å². The smallest absolute Gasteiger partial charge is 0.139 e. The summed E-state index contributed by atoms with van der Waals surface area (Å²) in [5.74, 6) is 0.206. The van der Waals surface area contributed by atoms with Crippen molar-refractivity contribution in [3.63, 3.8) is 0 Å². The van der Waals surface area contributed by atoms with E-state index < -0.39 is 0 Å². The van der Waals surface area contributed by atoms with Crippen LogP contribution in [0, 0.1) is 17.1 Å². The summed E-state index contributed by atoms with van der Waals surface area (Å²) in [6, 6.07) is 8.52. The maximum Gasteiger partial charge on any atom is 0.139 e. The van der Waals surface area contributed by atoms with Gasteiger partial charge in [0.25, 0.3) is 0 Å². The number of hydrogen-bond acceptors (Lipinski definition) is 3. The molecule has 5 heteroatoms. The summed E-state index contributed by atoms with van der Waals surface area (Å²) in [6.07, 6.45) is 8.11. The molecule has 2 heterocycles. The van der Waals surface area contributed by atoms with Gasteiger partial charge in [-0.2, -0.15) is 5.26 Å². The maximum absolute atomic E-state index is 13.9. The number of hydrogen-bond donors (Lipinski definition) is 1. The number of benzene rings is 1. The molecule has 4 nitrogen and oxygen atoms in total. The van der Waals surface area contributed by atoms with E-state index >= 15 is 0 Å². The fraction of sp³-hybridized carbons (Fsp3) is 0.238. The largest absolute Gasteiger partial charge is 0.496 e. The molecule has 0 saturated heterocycles. The van der Waals surface area contributed by atoms with Gasteiger partial charge in [0, 0.05) is 17.1 Å². The number of aromatic nitrogens is 2. The Morgan fingerprint density at radius 1 is 1.23 bits per heavy atom. The lowest BCUT2D eigenvalue weighted by molar-refractivity contribution is 0.415. The van der Waals surface area contributed by atoms with E-state index in [0.717, 1.165) is 36.1 Å². The zero-order valence-corrected chi connectivity index (χ0v) is 14.5. The van der Waals surface area contributed by atoms with Gasteiger partial charge in [0.05, 0.1) is 18.4 Å². The Balaban J connectivity index is 2.01. The summed E-state index contributed by atoms with van der Waals surface area (Å²) < 4.78 is 19.3. The molecule has 0 spiro atoms. The summed E-state index contributed by atoms with van der Waals surface area (Å²) in [5, 5.41) is 10.6. The number of aromatic amines is 1. The second-order valence-corrected chi connectivity index (χ2v) is 6.39. The van der Waals surface area contributed by atoms with Crippen LogP contribution in [0.2, 0.25) is 0 Å². The number of nitriles is 1. The molecule has 2 aromatic heterocycles. The summed E-state index contributed by atoms with van der Waals surface area (Å²) >= 11 is 0. The molecule has 1 aliphatic carbocycles.